The Morgan fingerprint density at radius 3 is 2.58 bits per heavy atom. The van der Waals surface area contributed by atoms with E-state index < -0.39 is 5.82 Å². The Bertz CT molecular complexity index is 573. The molecule has 0 spiro atoms. The number of benzene rings is 2. The average molecular weight is 256 g/mol. The van der Waals surface area contributed by atoms with Crippen molar-refractivity contribution in [2.75, 3.05) is 6.61 Å². The van der Waals surface area contributed by atoms with Gasteiger partial charge in [-0.05, 0) is 17.7 Å². The van der Waals surface area contributed by atoms with E-state index in [4.69, 9.17) is 15.9 Å². The Labute approximate surface area is 111 Å². The molecule has 2 aromatic rings. The van der Waals surface area contributed by atoms with Crippen molar-refractivity contribution in [3.63, 3.8) is 0 Å². The van der Waals surface area contributed by atoms with Crippen molar-refractivity contribution in [2.24, 2.45) is 0 Å². The molecular formula is C16H13FO2. The number of ether oxygens (including phenoxy) is 2. The van der Waals surface area contributed by atoms with E-state index in [9.17, 15) is 4.39 Å². The number of hydrogen-bond donors (Lipinski definition) is 0. The molecule has 0 unspecified atom stereocenters. The summed E-state index contributed by atoms with van der Waals surface area (Å²) < 4.78 is 24.1. The van der Waals surface area contributed by atoms with Gasteiger partial charge in [0.15, 0.2) is 11.6 Å². The monoisotopic (exact) mass is 256 g/mol. The highest BCUT2D eigenvalue weighted by atomic mass is 19.1. The highest BCUT2D eigenvalue weighted by Crippen LogP contribution is 2.24. The molecule has 2 nitrogen and oxygen atoms in total. The van der Waals surface area contributed by atoms with Gasteiger partial charge in [0.05, 0.1) is 0 Å². The van der Waals surface area contributed by atoms with E-state index in [2.05, 4.69) is 5.92 Å². The number of hydrogen-bond acceptors (Lipinski definition) is 2. The molecule has 96 valence electrons. The molecule has 19 heavy (non-hydrogen) atoms. The fourth-order valence-electron chi connectivity index (χ4n) is 1.54. The van der Waals surface area contributed by atoms with Gasteiger partial charge < -0.3 is 9.47 Å². The Kier molecular flexibility index (Phi) is 4.41. The third-order valence-electron chi connectivity index (χ3n) is 2.46. The predicted octanol–water partition coefficient (Wildman–Crippen LogP) is 3.42. The molecular weight excluding hydrogens is 243 g/mol. The molecule has 3 heteroatoms. The largest absolute Gasteiger partial charge is 0.489 e. The molecule has 0 radical (unpaired) electrons. The minimum Gasteiger partial charge on any atom is -0.489 e. The molecule has 2 aromatic carbocycles. The van der Waals surface area contributed by atoms with Crippen molar-refractivity contribution in [2.45, 2.75) is 6.61 Å². The van der Waals surface area contributed by atoms with E-state index in [1.165, 1.54) is 12.1 Å². The first-order valence-corrected chi connectivity index (χ1v) is 5.82. The maximum atomic E-state index is 13.4. The lowest BCUT2D eigenvalue weighted by Gasteiger charge is -2.09. The van der Waals surface area contributed by atoms with Crippen molar-refractivity contribution in [3.8, 4) is 23.8 Å². The van der Waals surface area contributed by atoms with Gasteiger partial charge in [0.1, 0.15) is 19.0 Å². The average Bonchev–Trinajstić information content (AvgIpc) is 2.46. The second-order valence-corrected chi connectivity index (χ2v) is 3.86. The quantitative estimate of drug-likeness (QED) is 0.763. The topological polar surface area (TPSA) is 18.5 Å². The molecule has 0 amide bonds. The second kappa shape index (κ2) is 6.46. The summed E-state index contributed by atoms with van der Waals surface area (Å²) in [5.74, 6) is 2.47. The van der Waals surface area contributed by atoms with Crippen molar-refractivity contribution < 1.29 is 13.9 Å². The zero-order chi connectivity index (χ0) is 13.5. The molecule has 0 aliphatic heterocycles. The first-order chi connectivity index (χ1) is 9.29. The van der Waals surface area contributed by atoms with E-state index in [0.29, 0.717) is 12.4 Å². The minimum atomic E-state index is -0.456. The van der Waals surface area contributed by atoms with E-state index in [1.54, 1.807) is 6.07 Å². The minimum absolute atomic E-state index is 0.0268. The molecule has 0 bridgehead atoms. The van der Waals surface area contributed by atoms with Crippen LogP contribution in [-0.2, 0) is 6.61 Å². The standard InChI is InChI=1S/C16H13FO2/c1-2-10-18-16-11-14(8-9-15(16)17)19-12-13-6-4-3-5-7-13/h1,3-9,11H,10,12H2. The summed E-state index contributed by atoms with van der Waals surface area (Å²) in [7, 11) is 0. The van der Waals surface area contributed by atoms with Crippen molar-refractivity contribution >= 4 is 0 Å². The van der Waals surface area contributed by atoms with Crippen LogP contribution >= 0.6 is 0 Å². The predicted molar refractivity (Wildman–Crippen MR) is 71.5 cm³/mol. The summed E-state index contributed by atoms with van der Waals surface area (Å²) in [5, 5.41) is 0. The molecule has 0 aliphatic rings. The van der Waals surface area contributed by atoms with Crippen molar-refractivity contribution in [1.82, 2.24) is 0 Å². The van der Waals surface area contributed by atoms with Crippen LogP contribution in [0.15, 0.2) is 48.5 Å². The van der Waals surface area contributed by atoms with E-state index >= 15 is 0 Å². The van der Waals surface area contributed by atoms with Gasteiger partial charge in [0.2, 0.25) is 0 Å². The summed E-state index contributed by atoms with van der Waals surface area (Å²) in [5.41, 5.74) is 1.04. The van der Waals surface area contributed by atoms with Gasteiger partial charge in [-0.3, -0.25) is 0 Å². The summed E-state index contributed by atoms with van der Waals surface area (Å²) in [6.07, 6.45) is 5.07. The lowest BCUT2D eigenvalue weighted by molar-refractivity contribution is 0.299. The molecule has 0 saturated carbocycles. The number of terminal acetylenes is 1. The highest BCUT2D eigenvalue weighted by Gasteiger charge is 2.05. The molecule has 0 atom stereocenters. The van der Waals surface area contributed by atoms with Crippen LogP contribution in [0.2, 0.25) is 0 Å². The van der Waals surface area contributed by atoms with Gasteiger partial charge in [-0.1, -0.05) is 36.3 Å². The molecule has 2 rings (SSSR count). The smallest absolute Gasteiger partial charge is 0.165 e. The zero-order valence-corrected chi connectivity index (χ0v) is 10.3. The van der Waals surface area contributed by atoms with Gasteiger partial charge in [0, 0.05) is 6.07 Å². The molecule has 0 aliphatic carbocycles. The van der Waals surface area contributed by atoms with Crippen LogP contribution in [0.1, 0.15) is 5.56 Å². The van der Waals surface area contributed by atoms with Crippen LogP contribution in [0.5, 0.6) is 11.5 Å². The van der Waals surface area contributed by atoms with Crippen LogP contribution in [0.25, 0.3) is 0 Å². The van der Waals surface area contributed by atoms with Crippen molar-refractivity contribution in [3.05, 3.63) is 59.9 Å². The van der Waals surface area contributed by atoms with Crippen LogP contribution < -0.4 is 9.47 Å². The maximum absolute atomic E-state index is 13.4. The molecule has 0 N–H and O–H groups in total. The Morgan fingerprint density at radius 2 is 1.84 bits per heavy atom. The maximum Gasteiger partial charge on any atom is 0.165 e. The van der Waals surface area contributed by atoms with E-state index in [0.717, 1.165) is 5.56 Å². The molecule has 0 saturated heterocycles. The van der Waals surface area contributed by atoms with Crippen molar-refractivity contribution in [1.29, 1.82) is 0 Å². The van der Waals surface area contributed by atoms with Gasteiger partial charge >= 0.3 is 0 Å². The van der Waals surface area contributed by atoms with Gasteiger partial charge in [0.25, 0.3) is 0 Å². The lowest BCUT2D eigenvalue weighted by atomic mass is 10.2. The van der Waals surface area contributed by atoms with Gasteiger partial charge in [-0.2, -0.15) is 0 Å². The number of halogens is 1. The fraction of sp³-hybridized carbons (Fsp3) is 0.125. The van der Waals surface area contributed by atoms with Crippen LogP contribution in [0.3, 0.4) is 0 Å². The first-order valence-electron chi connectivity index (χ1n) is 5.82. The summed E-state index contributed by atoms with van der Waals surface area (Å²) >= 11 is 0. The third kappa shape index (κ3) is 3.75. The third-order valence-corrected chi connectivity index (χ3v) is 2.46. The highest BCUT2D eigenvalue weighted by molar-refractivity contribution is 5.35. The normalized spacial score (nSPS) is 9.68. The van der Waals surface area contributed by atoms with E-state index in [-0.39, 0.29) is 12.4 Å². The SMILES string of the molecule is C#CCOc1cc(OCc2ccccc2)ccc1F. The zero-order valence-electron chi connectivity index (χ0n) is 10.3. The van der Waals surface area contributed by atoms with E-state index in [1.807, 2.05) is 30.3 Å². The van der Waals surface area contributed by atoms with Crippen LogP contribution in [0, 0.1) is 18.2 Å². The Balaban J connectivity index is 2.03. The molecule has 0 aromatic heterocycles. The summed E-state index contributed by atoms with van der Waals surface area (Å²) in [6, 6.07) is 14.1. The Hall–Kier alpha value is -2.47. The summed E-state index contributed by atoms with van der Waals surface area (Å²) in [4.78, 5) is 0. The van der Waals surface area contributed by atoms with Crippen LogP contribution in [-0.4, -0.2) is 6.61 Å². The first kappa shape index (κ1) is 13.0. The molecule has 0 fully saturated rings. The fourth-order valence-corrected chi connectivity index (χ4v) is 1.54. The lowest BCUT2D eigenvalue weighted by Crippen LogP contribution is -1.99. The second-order valence-electron chi connectivity index (χ2n) is 3.86. The van der Waals surface area contributed by atoms with Gasteiger partial charge in [-0.25, -0.2) is 4.39 Å². The Morgan fingerprint density at radius 1 is 1.05 bits per heavy atom. The molecule has 0 heterocycles. The van der Waals surface area contributed by atoms with Gasteiger partial charge in [-0.15, -0.1) is 6.42 Å². The number of rotatable bonds is 5. The van der Waals surface area contributed by atoms with Crippen LogP contribution in [0.4, 0.5) is 4.39 Å². The summed E-state index contributed by atoms with van der Waals surface area (Å²) in [6.45, 7) is 0.445.